The summed E-state index contributed by atoms with van der Waals surface area (Å²) in [6.07, 6.45) is 11.8. The number of anilines is 1. The number of aryl methyl sites for hydroxylation is 1. The molecule has 1 amide bonds. The van der Waals surface area contributed by atoms with E-state index in [4.69, 9.17) is 0 Å². The number of nitrogens with one attached hydrogen (secondary N) is 1. The zero-order valence-electron chi connectivity index (χ0n) is 16.0. The van der Waals surface area contributed by atoms with Crippen molar-refractivity contribution in [2.75, 3.05) is 18.4 Å². The normalized spacial score (nSPS) is 18.5. The molecule has 1 saturated heterocycles. The van der Waals surface area contributed by atoms with Gasteiger partial charge in [0.15, 0.2) is 0 Å². The van der Waals surface area contributed by atoms with Gasteiger partial charge in [0.05, 0.1) is 11.9 Å². The molecule has 28 heavy (non-hydrogen) atoms. The number of carbonyl (C=O) groups excluding carboxylic acids is 1. The lowest BCUT2D eigenvalue weighted by molar-refractivity contribution is -0.121. The summed E-state index contributed by atoms with van der Waals surface area (Å²) in [5, 5.41) is 9.18. The quantitative estimate of drug-likeness (QED) is 0.758. The molecule has 1 N–H and O–H groups in total. The topological polar surface area (TPSA) is 75.9 Å². The largest absolute Gasteiger partial charge is 0.310 e. The zero-order valence-corrected chi connectivity index (χ0v) is 16.0. The Labute approximate surface area is 163 Å². The van der Waals surface area contributed by atoms with Gasteiger partial charge in [0.2, 0.25) is 5.91 Å². The predicted molar refractivity (Wildman–Crippen MR) is 108 cm³/mol. The molecule has 7 nitrogen and oxygen atoms in total. The van der Waals surface area contributed by atoms with Crippen molar-refractivity contribution in [3.05, 3.63) is 36.9 Å². The minimum Gasteiger partial charge on any atom is -0.310 e. The Bertz CT molecular complexity index is 1020. The number of hydrogen-bond donors (Lipinski definition) is 1. The van der Waals surface area contributed by atoms with Gasteiger partial charge in [-0.05, 0) is 56.3 Å². The molecule has 4 heterocycles. The third kappa shape index (κ3) is 3.49. The van der Waals surface area contributed by atoms with Crippen molar-refractivity contribution in [2.45, 2.75) is 31.7 Å². The van der Waals surface area contributed by atoms with E-state index < -0.39 is 0 Å². The van der Waals surface area contributed by atoms with Crippen molar-refractivity contribution < 1.29 is 4.79 Å². The third-order valence-electron chi connectivity index (χ3n) is 5.82. The van der Waals surface area contributed by atoms with E-state index in [0.29, 0.717) is 5.82 Å². The summed E-state index contributed by atoms with van der Waals surface area (Å²) < 4.78 is 1.76. The van der Waals surface area contributed by atoms with Gasteiger partial charge in [0.1, 0.15) is 5.82 Å². The van der Waals surface area contributed by atoms with E-state index >= 15 is 0 Å². The first kappa shape index (κ1) is 17.3. The Balaban J connectivity index is 1.30. The van der Waals surface area contributed by atoms with Crippen LogP contribution in [0.25, 0.3) is 22.0 Å². The third-order valence-corrected chi connectivity index (χ3v) is 5.82. The molecule has 3 aromatic heterocycles. The van der Waals surface area contributed by atoms with Crippen LogP contribution in [0.4, 0.5) is 5.82 Å². The van der Waals surface area contributed by atoms with Gasteiger partial charge in [0, 0.05) is 48.5 Å². The Morgan fingerprint density at radius 2 is 1.82 bits per heavy atom. The lowest BCUT2D eigenvalue weighted by Gasteiger charge is -2.31. The number of likely N-dealkylation sites (tertiary alicyclic amines) is 1. The second kappa shape index (κ2) is 6.98. The molecule has 0 spiro atoms. The van der Waals surface area contributed by atoms with E-state index in [9.17, 15) is 4.79 Å². The van der Waals surface area contributed by atoms with Crippen LogP contribution >= 0.6 is 0 Å². The van der Waals surface area contributed by atoms with E-state index in [1.165, 1.54) is 12.8 Å². The van der Waals surface area contributed by atoms with Crippen molar-refractivity contribution >= 4 is 22.5 Å². The van der Waals surface area contributed by atoms with Crippen LogP contribution in [0.15, 0.2) is 36.9 Å². The van der Waals surface area contributed by atoms with Gasteiger partial charge < -0.3 is 10.2 Å². The fraction of sp³-hybridized carbons (Fsp3) is 0.429. The number of nitrogens with zero attached hydrogens (tertiary/aromatic N) is 5. The zero-order chi connectivity index (χ0) is 19.1. The molecular weight excluding hydrogens is 352 g/mol. The summed E-state index contributed by atoms with van der Waals surface area (Å²) >= 11 is 0. The lowest BCUT2D eigenvalue weighted by atomic mass is 9.96. The Morgan fingerprint density at radius 1 is 1.04 bits per heavy atom. The van der Waals surface area contributed by atoms with E-state index in [2.05, 4.69) is 25.3 Å². The van der Waals surface area contributed by atoms with Crippen molar-refractivity contribution in [1.29, 1.82) is 0 Å². The van der Waals surface area contributed by atoms with Crippen LogP contribution in [-0.4, -0.2) is 49.7 Å². The van der Waals surface area contributed by atoms with Gasteiger partial charge in [-0.3, -0.25) is 14.5 Å². The number of piperidine rings is 1. The maximum absolute atomic E-state index is 12.7. The highest BCUT2D eigenvalue weighted by Crippen LogP contribution is 2.31. The number of aromatic nitrogens is 4. The number of rotatable bonds is 4. The second-order valence-corrected chi connectivity index (χ2v) is 7.92. The maximum Gasteiger partial charge on any atom is 0.228 e. The molecule has 1 aliphatic heterocycles. The van der Waals surface area contributed by atoms with Crippen molar-refractivity contribution in [3.63, 3.8) is 0 Å². The molecule has 0 bridgehead atoms. The van der Waals surface area contributed by atoms with Crippen molar-refractivity contribution in [2.24, 2.45) is 13.0 Å². The van der Waals surface area contributed by atoms with Crippen LogP contribution in [0.3, 0.4) is 0 Å². The second-order valence-electron chi connectivity index (χ2n) is 7.92. The molecule has 0 unspecified atom stereocenters. The number of amides is 1. The van der Waals surface area contributed by atoms with Crippen LogP contribution < -0.4 is 5.32 Å². The summed E-state index contributed by atoms with van der Waals surface area (Å²) in [7, 11) is 1.89. The Kier molecular flexibility index (Phi) is 4.31. The van der Waals surface area contributed by atoms with Gasteiger partial charge in [0.25, 0.3) is 0 Å². The molecule has 0 atom stereocenters. The molecule has 1 saturated carbocycles. The molecule has 0 radical (unpaired) electrons. The summed E-state index contributed by atoms with van der Waals surface area (Å²) in [6, 6.07) is 4.72. The summed E-state index contributed by atoms with van der Waals surface area (Å²) in [5.74, 6) is 0.769. The van der Waals surface area contributed by atoms with E-state index in [0.717, 1.165) is 54.0 Å². The number of fused-ring (bicyclic) bond motifs is 1. The number of carbonyl (C=O) groups is 1. The maximum atomic E-state index is 12.7. The van der Waals surface area contributed by atoms with Gasteiger partial charge in [-0.15, -0.1) is 0 Å². The highest BCUT2D eigenvalue weighted by atomic mass is 16.1. The molecular formula is C21H24N6O. The van der Waals surface area contributed by atoms with Gasteiger partial charge in [-0.25, -0.2) is 4.98 Å². The average Bonchev–Trinajstić information content (AvgIpc) is 3.48. The minimum absolute atomic E-state index is 0.0795. The first-order valence-corrected chi connectivity index (χ1v) is 9.95. The van der Waals surface area contributed by atoms with Gasteiger partial charge >= 0.3 is 0 Å². The molecule has 0 aromatic carbocycles. The van der Waals surface area contributed by atoms with Gasteiger partial charge in [-0.1, -0.05) is 0 Å². The van der Waals surface area contributed by atoms with E-state index in [-0.39, 0.29) is 11.8 Å². The van der Waals surface area contributed by atoms with Crippen LogP contribution in [0.5, 0.6) is 0 Å². The molecule has 3 aromatic rings. The standard InChI is InChI=1S/C21H24N6O/c1-26-13-17(12-24-26)19-8-15-9-20(23-11-16(15)10-22-19)25-21(28)14-4-6-27(7-5-14)18-2-3-18/h8-14,18H,2-7H2,1H3,(H,23,25,28). The SMILES string of the molecule is Cn1cc(-c2cc3cc(NC(=O)C4CCN(C5CC5)CC4)ncc3cn2)cn1. The molecule has 2 fully saturated rings. The molecule has 7 heteroatoms. The molecule has 2 aliphatic rings. The first-order chi connectivity index (χ1) is 13.7. The highest BCUT2D eigenvalue weighted by molar-refractivity contribution is 5.94. The van der Waals surface area contributed by atoms with Crippen molar-refractivity contribution in [3.8, 4) is 11.3 Å². The smallest absolute Gasteiger partial charge is 0.228 e. The highest BCUT2D eigenvalue weighted by Gasteiger charge is 2.33. The molecule has 5 rings (SSSR count). The average molecular weight is 376 g/mol. The molecule has 1 aliphatic carbocycles. The van der Waals surface area contributed by atoms with Crippen LogP contribution in [0.1, 0.15) is 25.7 Å². The fourth-order valence-electron chi connectivity index (χ4n) is 4.01. The lowest BCUT2D eigenvalue weighted by Crippen LogP contribution is -2.39. The van der Waals surface area contributed by atoms with Gasteiger partial charge in [-0.2, -0.15) is 5.10 Å². The Hall–Kier alpha value is -2.80. The number of pyridine rings is 2. The summed E-state index contributed by atoms with van der Waals surface area (Å²) in [6.45, 7) is 2.07. The van der Waals surface area contributed by atoms with Crippen LogP contribution in [-0.2, 0) is 11.8 Å². The minimum atomic E-state index is 0.0795. The van der Waals surface area contributed by atoms with E-state index in [1.807, 2.05) is 31.6 Å². The van der Waals surface area contributed by atoms with Crippen molar-refractivity contribution in [1.82, 2.24) is 24.6 Å². The predicted octanol–water partition coefficient (Wildman–Crippen LogP) is 2.84. The summed E-state index contributed by atoms with van der Waals surface area (Å²) in [5.41, 5.74) is 1.82. The van der Waals surface area contributed by atoms with Crippen LogP contribution in [0, 0.1) is 5.92 Å². The monoisotopic (exact) mass is 376 g/mol. The first-order valence-electron chi connectivity index (χ1n) is 9.95. The number of hydrogen-bond acceptors (Lipinski definition) is 5. The Morgan fingerprint density at radius 3 is 2.54 bits per heavy atom. The fourth-order valence-corrected chi connectivity index (χ4v) is 4.01. The van der Waals surface area contributed by atoms with Crippen LogP contribution in [0.2, 0.25) is 0 Å². The summed E-state index contributed by atoms with van der Waals surface area (Å²) in [4.78, 5) is 24.1. The van der Waals surface area contributed by atoms with E-state index in [1.54, 1.807) is 17.1 Å². The molecule has 144 valence electrons.